The van der Waals surface area contributed by atoms with Crippen molar-refractivity contribution in [1.29, 1.82) is 0 Å². The average molecular weight is 557 g/mol. The minimum absolute atomic E-state index is 0.511. The first kappa shape index (κ1) is 31.0. The molecule has 0 aliphatic rings. The van der Waals surface area contributed by atoms with Crippen LogP contribution in [0.25, 0.3) is 36.5 Å². The number of ether oxygens (including phenoxy) is 6. The van der Waals surface area contributed by atoms with Crippen molar-refractivity contribution in [2.75, 3.05) is 41.2 Å². The molecule has 0 N–H and O–H groups in total. The second-order valence-electron chi connectivity index (χ2n) is 8.77. The highest BCUT2D eigenvalue weighted by Gasteiger charge is 2.13. The van der Waals surface area contributed by atoms with Gasteiger partial charge in [0, 0.05) is 33.4 Å². The molecule has 216 valence electrons. The van der Waals surface area contributed by atoms with Gasteiger partial charge in [-0.2, -0.15) is 0 Å². The van der Waals surface area contributed by atoms with E-state index in [4.69, 9.17) is 28.4 Å². The molecule has 0 fully saturated rings. The van der Waals surface area contributed by atoms with Gasteiger partial charge in [-0.3, -0.25) is 0 Å². The van der Waals surface area contributed by atoms with Gasteiger partial charge in [-0.25, -0.2) is 0 Å². The van der Waals surface area contributed by atoms with E-state index in [1.165, 1.54) is 0 Å². The van der Waals surface area contributed by atoms with Crippen LogP contribution >= 0.6 is 0 Å². The first-order valence-electron chi connectivity index (χ1n) is 13.6. The van der Waals surface area contributed by atoms with Crippen LogP contribution in [0.2, 0.25) is 0 Å². The summed E-state index contributed by atoms with van der Waals surface area (Å²) in [7, 11) is 4.94. The lowest BCUT2D eigenvalue weighted by Crippen LogP contribution is -1.98. The van der Waals surface area contributed by atoms with Gasteiger partial charge in [0.15, 0.2) is 0 Å². The van der Waals surface area contributed by atoms with Gasteiger partial charge in [-0.05, 0) is 57.2 Å². The zero-order valence-corrected chi connectivity index (χ0v) is 24.9. The molecule has 6 nitrogen and oxygen atoms in total. The largest absolute Gasteiger partial charge is 0.496 e. The molecule has 0 amide bonds. The Bertz CT molecular complexity index is 1420. The van der Waals surface area contributed by atoms with E-state index in [2.05, 4.69) is 13.2 Å². The fraction of sp³-hybridized carbons (Fsp3) is 0.257. The fourth-order valence-electron chi connectivity index (χ4n) is 4.35. The molecular weight excluding hydrogens is 516 g/mol. The van der Waals surface area contributed by atoms with Crippen LogP contribution in [0, 0.1) is 0 Å². The molecule has 0 bridgehead atoms. The van der Waals surface area contributed by atoms with Crippen LogP contribution in [0.4, 0.5) is 0 Å². The SMILES string of the molecule is C=Cc1cc(OCC)c(/C=C/c2cc(OCC)c(/C=C/c3cc(OCC)c(C=C)cc3OC)cc2OC)cc1OC. The maximum Gasteiger partial charge on any atom is 0.127 e. The Morgan fingerprint density at radius 3 is 1.02 bits per heavy atom. The summed E-state index contributed by atoms with van der Waals surface area (Å²) >= 11 is 0. The van der Waals surface area contributed by atoms with E-state index in [0.717, 1.165) is 56.4 Å². The molecule has 0 saturated carbocycles. The van der Waals surface area contributed by atoms with Gasteiger partial charge in [0.05, 0.1) is 41.2 Å². The number of benzene rings is 3. The quantitative estimate of drug-likeness (QED) is 0.175. The lowest BCUT2D eigenvalue weighted by Gasteiger charge is -2.14. The second-order valence-corrected chi connectivity index (χ2v) is 8.77. The molecule has 0 radical (unpaired) electrons. The summed E-state index contributed by atoms with van der Waals surface area (Å²) in [6.07, 6.45) is 11.4. The summed E-state index contributed by atoms with van der Waals surface area (Å²) in [5, 5.41) is 0. The predicted octanol–water partition coefficient (Wildman–Crippen LogP) is 8.54. The van der Waals surface area contributed by atoms with Crippen LogP contribution in [0.15, 0.2) is 49.6 Å². The van der Waals surface area contributed by atoms with Crippen molar-refractivity contribution in [3.63, 3.8) is 0 Å². The molecule has 0 aromatic heterocycles. The molecule has 6 heteroatoms. The van der Waals surface area contributed by atoms with Crippen molar-refractivity contribution in [3.05, 3.63) is 82.9 Å². The van der Waals surface area contributed by atoms with E-state index in [1.54, 1.807) is 33.5 Å². The third kappa shape index (κ3) is 7.54. The number of methoxy groups -OCH3 is 3. The monoisotopic (exact) mass is 556 g/mol. The van der Waals surface area contributed by atoms with Gasteiger partial charge < -0.3 is 28.4 Å². The van der Waals surface area contributed by atoms with E-state index in [0.29, 0.717) is 31.3 Å². The van der Waals surface area contributed by atoms with Gasteiger partial charge in [0.25, 0.3) is 0 Å². The highest BCUT2D eigenvalue weighted by molar-refractivity contribution is 5.82. The standard InChI is InChI=1S/C35H40O6/c1-9-24-19-34(40-12-4)28(20-30(24)36-6)16-15-27-23-35(41-13-5)29(21-32(27)38-8)17-14-26-22-33(39-11-3)25(10-2)18-31(26)37-7/h9-10,14-23H,1-2,11-13H2,3-8H3/b16-15+,17-14+. The Hall–Kier alpha value is -4.58. The van der Waals surface area contributed by atoms with Crippen LogP contribution in [-0.2, 0) is 0 Å². The van der Waals surface area contributed by atoms with Crippen LogP contribution in [-0.4, -0.2) is 41.2 Å². The van der Waals surface area contributed by atoms with Crippen molar-refractivity contribution in [2.45, 2.75) is 20.8 Å². The Kier molecular flexibility index (Phi) is 11.5. The fourth-order valence-corrected chi connectivity index (χ4v) is 4.35. The zero-order valence-electron chi connectivity index (χ0n) is 24.9. The van der Waals surface area contributed by atoms with Crippen LogP contribution in [0.3, 0.4) is 0 Å². The van der Waals surface area contributed by atoms with E-state index in [9.17, 15) is 0 Å². The lowest BCUT2D eigenvalue weighted by molar-refractivity contribution is 0.338. The second kappa shape index (κ2) is 15.3. The van der Waals surface area contributed by atoms with Crippen molar-refractivity contribution in [2.24, 2.45) is 0 Å². The molecule has 0 aliphatic carbocycles. The molecular formula is C35H40O6. The smallest absolute Gasteiger partial charge is 0.127 e. The normalized spacial score (nSPS) is 11.0. The summed E-state index contributed by atoms with van der Waals surface area (Å²) in [5.41, 5.74) is 5.20. The molecule has 41 heavy (non-hydrogen) atoms. The maximum atomic E-state index is 6.04. The summed E-state index contributed by atoms with van der Waals surface area (Å²) in [4.78, 5) is 0. The van der Waals surface area contributed by atoms with Crippen LogP contribution < -0.4 is 28.4 Å². The number of hydrogen-bond donors (Lipinski definition) is 0. The van der Waals surface area contributed by atoms with Crippen LogP contribution in [0.5, 0.6) is 34.5 Å². The summed E-state index contributed by atoms with van der Waals surface area (Å²) in [6.45, 7) is 15.2. The summed E-state index contributed by atoms with van der Waals surface area (Å²) in [6, 6.07) is 11.7. The van der Waals surface area contributed by atoms with Crippen molar-refractivity contribution in [1.82, 2.24) is 0 Å². The first-order valence-corrected chi connectivity index (χ1v) is 13.6. The van der Waals surface area contributed by atoms with E-state index < -0.39 is 0 Å². The van der Waals surface area contributed by atoms with Gasteiger partial charge in [0.2, 0.25) is 0 Å². The van der Waals surface area contributed by atoms with E-state index >= 15 is 0 Å². The van der Waals surface area contributed by atoms with Crippen molar-refractivity contribution >= 4 is 36.5 Å². The third-order valence-electron chi connectivity index (χ3n) is 6.31. The summed E-state index contributed by atoms with van der Waals surface area (Å²) in [5.74, 6) is 4.34. The molecule has 3 aromatic carbocycles. The van der Waals surface area contributed by atoms with E-state index in [-0.39, 0.29) is 0 Å². The topological polar surface area (TPSA) is 55.4 Å². The van der Waals surface area contributed by atoms with Gasteiger partial charge in [-0.1, -0.05) is 49.6 Å². The van der Waals surface area contributed by atoms with Gasteiger partial charge in [-0.15, -0.1) is 0 Å². The molecule has 0 atom stereocenters. The molecule has 0 saturated heterocycles. The molecule has 3 aromatic rings. The molecule has 0 heterocycles. The first-order chi connectivity index (χ1) is 20.0. The van der Waals surface area contributed by atoms with Crippen molar-refractivity contribution in [3.8, 4) is 34.5 Å². The molecule has 0 aliphatic heterocycles. The highest BCUT2D eigenvalue weighted by atomic mass is 16.5. The molecule has 3 rings (SSSR count). The minimum atomic E-state index is 0.511. The third-order valence-corrected chi connectivity index (χ3v) is 6.31. The Morgan fingerprint density at radius 2 is 0.683 bits per heavy atom. The highest BCUT2D eigenvalue weighted by Crippen LogP contribution is 2.36. The van der Waals surface area contributed by atoms with Crippen molar-refractivity contribution < 1.29 is 28.4 Å². The lowest BCUT2D eigenvalue weighted by atomic mass is 10.0. The Morgan fingerprint density at radius 1 is 0.439 bits per heavy atom. The number of hydrogen-bond acceptors (Lipinski definition) is 6. The zero-order chi connectivity index (χ0) is 29.8. The average Bonchev–Trinajstić information content (AvgIpc) is 2.99. The van der Waals surface area contributed by atoms with Crippen LogP contribution in [0.1, 0.15) is 54.2 Å². The molecule has 0 unspecified atom stereocenters. The Labute approximate surface area is 244 Å². The minimum Gasteiger partial charge on any atom is -0.496 e. The summed E-state index contributed by atoms with van der Waals surface area (Å²) < 4.78 is 34.7. The predicted molar refractivity (Wildman–Crippen MR) is 171 cm³/mol. The van der Waals surface area contributed by atoms with Gasteiger partial charge in [0.1, 0.15) is 34.5 Å². The van der Waals surface area contributed by atoms with Gasteiger partial charge >= 0.3 is 0 Å². The molecule has 0 spiro atoms. The Balaban J connectivity index is 2.06. The van der Waals surface area contributed by atoms with E-state index in [1.807, 2.05) is 81.5 Å². The number of rotatable bonds is 15. The maximum absolute atomic E-state index is 6.04.